The van der Waals surface area contributed by atoms with Crippen molar-refractivity contribution in [2.45, 2.75) is 44.7 Å². The summed E-state index contributed by atoms with van der Waals surface area (Å²) in [5.41, 5.74) is 0.149. The summed E-state index contributed by atoms with van der Waals surface area (Å²) in [5, 5.41) is 7.22. The van der Waals surface area contributed by atoms with Gasteiger partial charge in [0.15, 0.2) is 5.17 Å². The summed E-state index contributed by atoms with van der Waals surface area (Å²) in [6.45, 7) is 4.61. The third-order valence-electron chi connectivity index (χ3n) is 3.03. The number of carbonyl (C=O) groups excluding carboxylic acids is 1. The van der Waals surface area contributed by atoms with Crippen molar-refractivity contribution in [1.29, 1.82) is 0 Å². The molecule has 16 heavy (non-hydrogen) atoms. The molecule has 1 saturated heterocycles. The molecule has 0 aromatic rings. The first-order valence-corrected chi connectivity index (χ1v) is 6.85. The number of hydrogen-bond acceptors (Lipinski definition) is 3. The molecule has 0 radical (unpaired) electrons. The lowest BCUT2D eigenvalue weighted by Crippen LogP contribution is -2.40. The number of amides is 1. The first kappa shape index (κ1) is 11.8. The summed E-state index contributed by atoms with van der Waals surface area (Å²) in [5.74, 6) is 1.08. The highest BCUT2D eigenvalue weighted by Crippen LogP contribution is 2.25. The van der Waals surface area contributed by atoms with Gasteiger partial charge >= 0.3 is 0 Å². The van der Waals surface area contributed by atoms with Gasteiger partial charge in [0.2, 0.25) is 5.91 Å². The predicted molar refractivity (Wildman–Crippen MR) is 67.8 cm³/mol. The minimum atomic E-state index is 0.0440. The summed E-state index contributed by atoms with van der Waals surface area (Å²) in [6.07, 6.45) is 3.33. The van der Waals surface area contributed by atoms with E-state index < -0.39 is 0 Å². The fourth-order valence-electron chi connectivity index (χ4n) is 1.48. The van der Waals surface area contributed by atoms with Gasteiger partial charge in [0.1, 0.15) is 6.54 Å². The molecule has 0 aromatic heterocycles. The number of carbonyl (C=O) groups is 1. The summed E-state index contributed by atoms with van der Waals surface area (Å²) in [7, 11) is 0. The topological polar surface area (TPSA) is 53.5 Å². The first-order chi connectivity index (χ1) is 7.61. The Morgan fingerprint density at radius 3 is 3.00 bits per heavy atom. The summed E-state index contributed by atoms with van der Waals surface area (Å²) in [6, 6.07) is 0.429. The number of aliphatic imine (C=N–C) groups is 1. The molecule has 1 aliphatic heterocycles. The van der Waals surface area contributed by atoms with Crippen LogP contribution in [0.2, 0.25) is 0 Å². The monoisotopic (exact) mass is 241 g/mol. The van der Waals surface area contributed by atoms with Crippen molar-refractivity contribution >= 4 is 22.8 Å². The van der Waals surface area contributed by atoms with Crippen LogP contribution >= 0.6 is 11.8 Å². The molecule has 1 amide bonds. The Labute approximate surface area is 101 Å². The van der Waals surface area contributed by atoms with E-state index in [0.29, 0.717) is 6.04 Å². The van der Waals surface area contributed by atoms with Crippen LogP contribution in [0.3, 0.4) is 0 Å². The van der Waals surface area contributed by atoms with E-state index in [0.717, 1.165) is 30.2 Å². The highest BCUT2D eigenvalue weighted by atomic mass is 32.2. The van der Waals surface area contributed by atoms with Crippen molar-refractivity contribution in [2.24, 2.45) is 4.99 Å². The van der Waals surface area contributed by atoms with Crippen molar-refractivity contribution in [2.75, 3.05) is 12.3 Å². The van der Waals surface area contributed by atoms with Gasteiger partial charge in [-0.25, -0.2) is 0 Å². The molecule has 4 nitrogen and oxygen atoms in total. The largest absolute Gasteiger partial charge is 0.359 e. The van der Waals surface area contributed by atoms with E-state index in [1.807, 2.05) is 0 Å². The molecule has 1 heterocycles. The molecule has 1 saturated carbocycles. The Hall–Kier alpha value is -0.710. The van der Waals surface area contributed by atoms with Gasteiger partial charge in [0.05, 0.1) is 0 Å². The van der Waals surface area contributed by atoms with E-state index in [2.05, 4.69) is 29.5 Å². The maximum atomic E-state index is 11.4. The van der Waals surface area contributed by atoms with Gasteiger partial charge in [-0.3, -0.25) is 9.79 Å². The smallest absolute Gasteiger partial charge is 0.241 e. The molecule has 0 spiro atoms. The Morgan fingerprint density at radius 2 is 2.44 bits per heavy atom. The zero-order chi connectivity index (χ0) is 11.6. The molecule has 1 unspecified atom stereocenters. The molecule has 0 aromatic carbocycles. The van der Waals surface area contributed by atoms with Crippen LogP contribution in [0.25, 0.3) is 0 Å². The normalized spacial score (nSPS) is 31.5. The number of rotatable bonds is 4. The van der Waals surface area contributed by atoms with Gasteiger partial charge < -0.3 is 10.6 Å². The molecule has 2 N–H and O–H groups in total. The number of thioether (sulfide) groups is 1. The van der Waals surface area contributed by atoms with Gasteiger partial charge in [-0.1, -0.05) is 18.7 Å². The molecule has 1 atom stereocenters. The van der Waals surface area contributed by atoms with Gasteiger partial charge in [-0.2, -0.15) is 0 Å². The van der Waals surface area contributed by atoms with Crippen LogP contribution in [0.15, 0.2) is 4.99 Å². The van der Waals surface area contributed by atoms with Crippen molar-refractivity contribution in [3.8, 4) is 0 Å². The average molecular weight is 241 g/mol. The summed E-state index contributed by atoms with van der Waals surface area (Å²) >= 11 is 1.71. The van der Waals surface area contributed by atoms with Crippen LogP contribution < -0.4 is 10.6 Å². The molecule has 0 bridgehead atoms. The fourth-order valence-corrected chi connectivity index (χ4v) is 2.68. The quantitative estimate of drug-likeness (QED) is 0.775. The van der Waals surface area contributed by atoms with E-state index in [4.69, 9.17) is 0 Å². The van der Waals surface area contributed by atoms with Crippen molar-refractivity contribution in [1.82, 2.24) is 10.6 Å². The number of nitrogens with zero attached hydrogens (tertiary/aromatic N) is 1. The molecular formula is C11H19N3OS. The van der Waals surface area contributed by atoms with E-state index >= 15 is 0 Å². The van der Waals surface area contributed by atoms with Crippen LogP contribution in [0.4, 0.5) is 0 Å². The summed E-state index contributed by atoms with van der Waals surface area (Å²) < 4.78 is 0. The maximum Gasteiger partial charge on any atom is 0.241 e. The minimum Gasteiger partial charge on any atom is -0.359 e. The number of hydrogen-bond donors (Lipinski definition) is 2. The summed E-state index contributed by atoms with van der Waals surface area (Å²) in [4.78, 5) is 15.7. The van der Waals surface area contributed by atoms with Crippen molar-refractivity contribution in [3.05, 3.63) is 0 Å². The molecule has 90 valence electrons. The lowest BCUT2D eigenvalue weighted by Gasteiger charge is -2.20. The lowest BCUT2D eigenvalue weighted by molar-refractivity contribution is -0.119. The van der Waals surface area contributed by atoms with Gasteiger partial charge in [0, 0.05) is 17.3 Å². The lowest BCUT2D eigenvalue weighted by atomic mass is 10.0. The molecular weight excluding hydrogens is 222 g/mol. The molecule has 1 aliphatic carbocycles. The van der Waals surface area contributed by atoms with Crippen LogP contribution in [0.5, 0.6) is 0 Å². The van der Waals surface area contributed by atoms with Crippen LogP contribution in [0, 0.1) is 0 Å². The molecule has 5 heteroatoms. The van der Waals surface area contributed by atoms with Crippen molar-refractivity contribution < 1.29 is 4.79 Å². The molecule has 2 aliphatic rings. The highest BCUT2D eigenvalue weighted by Gasteiger charge is 2.30. The van der Waals surface area contributed by atoms with Gasteiger partial charge in [0.25, 0.3) is 0 Å². The second kappa shape index (κ2) is 4.65. The highest BCUT2D eigenvalue weighted by molar-refractivity contribution is 8.14. The number of nitrogens with one attached hydrogen (secondary N) is 2. The molecule has 2 fully saturated rings. The van der Waals surface area contributed by atoms with E-state index in [1.165, 1.54) is 0 Å². The average Bonchev–Trinajstić information content (AvgIpc) is 2.98. The Balaban J connectivity index is 1.77. The Morgan fingerprint density at radius 1 is 1.69 bits per heavy atom. The second-order valence-electron chi connectivity index (χ2n) is 4.79. The first-order valence-electron chi connectivity index (χ1n) is 5.86. The van der Waals surface area contributed by atoms with Gasteiger partial charge in [-0.15, -0.1) is 0 Å². The SMILES string of the molecule is CCC1(C)CSC(=NCC(=O)NC2CC2)N1. The molecule has 2 rings (SSSR count). The van der Waals surface area contributed by atoms with Crippen molar-refractivity contribution in [3.63, 3.8) is 0 Å². The Bertz CT molecular complexity index is 314. The van der Waals surface area contributed by atoms with Gasteiger partial charge in [-0.05, 0) is 26.2 Å². The van der Waals surface area contributed by atoms with E-state index in [9.17, 15) is 4.79 Å². The van der Waals surface area contributed by atoms with Crippen LogP contribution in [0.1, 0.15) is 33.1 Å². The number of amidine groups is 1. The van der Waals surface area contributed by atoms with Crippen LogP contribution in [-0.2, 0) is 4.79 Å². The maximum absolute atomic E-state index is 11.4. The second-order valence-corrected chi connectivity index (χ2v) is 5.76. The minimum absolute atomic E-state index is 0.0440. The van der Waals surface area contributed by atoms with E-state index in [-0.39, 0.29) is 18.0 Å². The van der Waals surface area contributed by atoms with Crippen LogP contribution in [-0.4, -0.2) is 35.0 Å². The Kier molecular flexibility index (Phi) is 3.42. The third-order valence-corrected chi connectivity index (χ3v) is 4.31. The zero-order valence-electron chi connectivity index (χ0n) is 9.88. The predicted octanol–water partition coefficient (Wildman–Crippen LogP) is 1.13. The standard InChI is InChI=1S/C11H19N3OS/c1-3-11(2)7-16-10(14-11)12-6-9(15)13-8-4-5-8/h8H,3-7H2,1-2H3,(H,12,14)(H,13,15). The van der Waals surface area contributed by atoms with E-state index in [1.54, 1.807) is 11.8 Å². The fraction of sp³-hybridized carbons (Fsp3) is 0.818. The third kappa shape index (κ3) is 3.14. The zero-order valence-corrected chi connectivity index (χ0v) is 10.7.